The molecule has 1 aromatic carbocycles. The van der Waals surface area contributed by atoms with Gasteiger partial charge in [0.1, 0.15) is 0 Å². The summed E-state index contributed by atoms with van der Waals surface area (Å²) < 4.78 is 16.3. The van der Waals surface area contributed by atoms with Crippen LogP contribution >= 0.6 is 0 Å². The second-order valence-electron chi connectivity index (χ2n) is 5.82. The molecule has 8 nitrogen and oxygen atoms in total. The summed E-state index contributed by atoms with van der Waals surface area (Å²) in [6, 6.07) is 4.66. The largest absolute Gasteiger partial charge is 0.490 e. The number of carbonyl (C=O) groups is 3. The van der Waals surface area contributed by atoms with Crippen LogP contribution in [0.15, 0.2) is 24.3 Å². The van der Waals surface area contributed by atoms with E-state index in [1.807, 2.05) is 12.2 Å². The molecule has 2 N–H and O–H groups in total. The summed E-state index contributed by atoms with van der Waals surface area (Å²) in [5, 5.41) is 4.28. The molecule has 0 aliphatic rings. The summed E-state index contributed by atoms with van der Waals surface area (Å²) in [6.45, 7) is 6.43. The molecular formula is C20H28N2O6. The van der Waals surface area contributed by atoms with Gasteiger partial charge in [-0.25, -0.2) is 9.59 Å². The molecular weight excluding hydrogens is 364 g/mol. The van der Waals surface area contributed by atoms with E-state index in [1.54, 1.807) is 24.3 Å². The minimum Gasteiger partial charge on any atom is -0.490 e. The second-order valence-corrected chi connectivity index (χ2v) is 5.82. The van der Waals surface area contributed by atoms with E-state index >= 15 is 0 Å². The Bertz CT molecular complexity index is 702. The Labute approximate surface area is 165 Å². The summed E-state index contributed by atoms with van der Waals surface area (Å²) in [7, 11) is 1.37. The average molecular weight is 392 g/mol. The maximum Gasteiger partial charge on any atom is 0.331 e. The number of amides is 3. The van der Waals surface area contributed by atoms with Crippen LogP contribution in [0.5, 0.6) is 11.5 Å². The van der Waals surface area contributed by atoms with Crippen molar-refractivity contribution in [1.82, 2.24) is 10.6 Å². The van der Waals surface area contributed by atoms with Crippen LogP contribution in [-0.2, 0) is 14.3 Å². The van der Waals surface area contributed by atoms with Gasteiger partial charge in [-0.2, -0.15) is 0 Å². The van der Waals surface area contributed by atoms with Crippen LogP contribution in [0.25, 0.3) is 6.08 Å². The number of carbonyl (C=O) groups excluding carboxylic acids is 3. The Balaban J connectivity index is 2.71. The van der Waals surface area contributed by atoms with Crippen LogP contribution in [0.3, 0.4) is 0 Å². The van der Waals surface area contributed by atoms with Crippen molar-refractivity contribution in [1.29, 1.82) is 0 Å². The van der Waals surface area contributed by atoms with Crippen molar-refractivity contribution >= 4 is 24.0 Å². The van der Waals surface area contributed by atoms with Gasteiger partial charge in [0.15, 0.2) is 17.6 Å². The Morgan fingerprint density at radius 3 is 2.54 bits per heavy atom. The fourth-order valence-electron chi connectivity index (χ4n) is 2.05. The zero-order valence-electron chi connectivity index (χ0n) is 16.7. The minimum absolute atomic E-state index is 0.483. The predicted octanol–water partition coefficient (Wildman–Crippen LogP) is 2.66. The molecule has 1 atom stereocenters. The average Bonchev–Trinajstić information content (AvgIpc) is 2.67. The van der Waals surface area contributed by atoms with Crippen LogP contribution in [0.1, 0.15) is 39.2 Å². The highest BCUT2D eigenvalue weighted by Crippen LogP contribution is 2.29. The van der Waals surface area contributed by atoms with Crippen LogP contribution in [0, 0.1) is 0 Å². The molecule has 0 unspecified atom stereocenters. The van der Waals surface area contributed by atoms with E-state index in [-0.39, 0.29) is 0 Å². The number of rotatable bonds is 10. The zero-order valence-corrected chi connectivity index (χ0v) is 16.7. The monoisotopic (exact) mass is 392 g/mol. The molecule has 1 rings (SSSR count). The molecule has 8 heteroatoms. The van der Waals surface area contributed by atoms with E-state index in [0.717, 1.165) is 12.8 Å². The molecule has 0 saturated carbocycles. The zero-order chi connectivity index (χ0) is 20.9. The number of benzene rings is 1. The van der Waals surface area contributed by atoms with Gasteiger partial charge in [0.05, 0.1) is 13.2 Å². The number of hydrogen-bond donors (Lipinski definition) is 2. The molecule has 28 heavy (non-hydrogen) atoms. The summed E-state index contributed by atoms with van der Waals surface area (Å²) >= 11 is 0. The first-order valence-corrected chi connectivity index (χ1v) is 9.22. The summed E-state index contributed by atoms with van der Waals surface area (Å²) in [5.74, 6) is -0.184. The number of unbranched alkanes of at least 4 members (excludes halogenated alkanes) is 1. The highest BCUT2D eigenvalue weighted by Gasteiger charge is 2.18. The highest BCUT2D eigenvalue weighted by molar-refractivity contribution is 5.98. The molecule has 0 radical (unpaired) electrons. The van der Waals surface area contributed by atoms with Crippen LogP contribution in [0.4, 0.5) is 4.79 Å². The second kappa shape index (κ2) is 12.4. The molecule has 0 aliphatic heterocycles. The maximum atomic E-state index is 11.9. The SMILES string of the molecule is CCCCOc1ccc(/C=C/C(=O)O[C@@H](C)C(=O)NC(=O)NC)cc1OCC. The van der Waals surface area contributed by atoms with E-state index < -0.39 is 24.0 Å². The summed E-state index contributed by atoms with van der Waals surface area (Å²) in [4.78, 5) is 34.7. The fraction of sp³-hybridized carbons (Fsp3) is 0.450. The first-order valence-electron chi connectivity index (χ1n) is 9.22. The smallest absolute Gasteiger partial charge is 0.331 e. The number of ether oxygens (including phenoxy) is 3. The highest BCUT2D eigenvalue weighted by atomic mass is 16.5. The predicted molar refractivity (Wildman–Crippen MR) is 105 cm³/mol. The van der Waals surface area contributed by atoms with Gasteiger partial charge in [-0.15, -0.1) is 0 Å². The number of urea groups is 1. The lowest BCUT2D eigenvalue weighted by Gasteiger charge is -2.12. The van der Waals surface area contributed by atoms with Crippen molar-refractivity contribution in [3.8, 4) is 11.5 Å². The van der Waals surface area contributed by atoms with E-state index in [1.165, 1.54) is 20.0 Å². The summed E-state index contributed by atoms with van der Waals surface area (Å²) in [5.41, 5.74) is 0.714. The van der Waals surface area contributed by atoms with Gasteiger partial charge in [-0.05, 0) is 44.0 Å². The first kappa shape index (κ1) is 23.0. The quantitative estimate of drug-likeness (QED) is 0.360. The molecule has 0 spiro atoms. The Hall–Kier alpha value is -3.03. The number of hydrogen-bond acceptors (Lipinski definition) is 6. The van der Waals surface area contributed by atoms with Crippen LogP contribution < -0.4 is 20.1 Å². The Kier molecular flexibility index (Phi) is 10.2. The van der Waals surface area contributed by atoms with Gasteiger partial charge < -0.3 is 19.5 Å². The van der Waals surface area contributed by atoms with Gasteiger partial charge in [-0.1, -0.05) is 19.4 Å². The topological polar surface area (TPSA) is 103 Å². The van der Waals surface area contributed by atoms with Gasteiger partial charge in [0.25, 0.3) is 5.91 Å². The van der Waals surface area contributed by atoms with Crippen molar-refractivity contribution in [3.63, 3.8) is 0 Å². The number of esters is 1. The summed E-state index contributed by atoms with van der Waals surface area (Å²) in [6.07, 6.45) is 3.62. The first-order chi connectivity index (χ1) is 13.4. The minimum atomic E-state index is -1.11. The lowest BCUT2D eigenvalue weighted by Crippen LogP contribution is -2.43. The molecule has 0 aliphatic carbocycles. The third kappa shape index (κ3) is 8.11. The molecule has 0 heterocycles. The fourth-order valence-corrected chi connectivity index (χ4v) is 2.05. The van der Waals surface area contributed by atoms with Crippen molar-refractivity contribution in [2.24, 2.45) is 0 Å². The van der Waals surface area contributed by atoms with E-state index in [4.69, 9.17) is 14.2 Å². The number of nitrogens with one attached hydrogen (secondary N) is 2. The molecule has 0 aromatic heterocycles. The van der Waals surface area contributed by atoms with E-state index in [0.29, 0.717) is 30.3 Å². The van der Waals surface area contributed by atoms with E-state index in [9.17, 15) is 14.4 Å². The van der Waals surface area contributed by atoms with Crippen molar-refractivity contribution < 1.29 is 28.6 Å². The molecule has 3 amide bonds. The van der Waals surface area contributed by atoms with Crippen molar-refractivity contribution in [3.05, 3.63) is 29.8 Å². The lowest BCUT2D eigenvalue weighted by molar-refractivity contribution is -0.149. The molecule has 0 fully saturated rings. The van der Waals surface area contributed by atoms with Gasteiger partial charge in [0.2, 0.25) is 0 Å². The lowest BCUT2D eigenvalue weighted by atomic mass is 10.2. The normalized spacial score (nSPS) is 11.6. The Morgan fingerprint density at radius 2 is 1.89 bits per heavy atom. The molecule has 0 bridgehead atoms. The third-order valence-electron chi connectivity index (χ3n) is 3.56. The molecule has 1 aromatic rings. The Morgan fingerprint density at radius 1 is 1.14 bits per heavy atom. The van der Waals surface area contributed by atoms with Gasteiger partial charge >= 0.3 is 12.0 Å². The number of imide groups is 1. The van der Waals surface area contributed by atoms with Crippen LogP contribution in [0.2, 0.25) is 0 Å². The maximum absolute atomic E-state index is 11.9. The van der Waals surface area contributed by atoms with Gasteiger partial charge in [0, 0.05) is 13.1 Å². The molecule has 0 saturated heterocycles. The molecule has 154 valence electrons. The van der Waals surface area contributed by atoms with Crippen molar-refractivity contribution in [2.45, 2.75) is 39.7 Å². The standard InChI is InChI=1S/C20H28N2O6/c1-5-7-12-27-16-10-8-15(13-17(16)26-6-2)9-11-18(23)28-14(3)19(24)22-20(25)21-4/h8-11,13-14H,5-7,12H2,1-4H3,(H2,21,22,24,25)/b11-9+/t14-/m0/s1. The third-order valence-corrected chi connectivity index (χ3v) is 3.56. The van der Waals surface area contributed by atoms with E-state index in [2.05, 4.69) is 12.2 Å². The van der Waals surface area contributed by atoms with Crippen molar-refractivity contribution in [2.75, 3.05) is 20.3 Å². The van der Waals surface area contributed by atoms with Gasteiger partial charge in [-0.3, -0.25) is 10.1 Å². The van der Waals surface area contributed by atoms with Crippen LogP contribution in [-0.4, -0.2) is 44.3 Å².